The monoisotopic (exact) mass is 356 g/mol. The number of pyridine rings is 1. The van der Waals surface area contributed by atoms with Crippen LogP contribution in [0.3, 0.4) is 0 Å². The predicted octanol–water partition coefficient (Wildman–Crippen LogP) is 2.16. The van der Waals surface area contributed by atoms with Gasteiger partial charge in [-0.25, -0.2) is 4.98 Å². The molecule has 1 aliphatic rings. The van der Waals surface area contributed by atoms with E-state index in [2.05, 4.69) is 20.3 Å². The minimum absolute atomic E-state index is 0. The Morgan fingerprint density at radius 1 is 1.17 bits per heavy atom. The fourth-order valence-corrected chi connectivity index (χ4v) is 2.55. The van der Waals surface area contributed by atoms with Crippen molar-refractivity contribution in [3.63, 3.8) is 0 Å². The molecule has 0 bridgehead atoms. The normalized spacial score (nSPS) is 19.0. The Hall–Kier alpha value is -1.63. The Kier molecular flexibility index (Phi) is 7.48. The molecule has 0 saturated heterocycles. The van der Waals surface area contributed by atoms with E-state index in [9.17, 15) is 0 Å². The highest BCUT2D eigenvalue weighted by atomic mass is 35.5. The quantitative estimate of drug-likeness (QED) is 0.758. The summed E-state index contributed by atoms with van der Waals surface area (Å²) in [7, 11) is 0. The van der Waals surface area contributed by atoms with Gasteiger partial charge in [0, 0.05) is 42.9 Å². The van der Waals surface area contributed by atoms with Crippen molar-refractivity contribution in [3.8, 4) is 0 Å². The van der Waals surface area contributed by atoms with Crippen LogP contribution in [0.1, 0.15) is 30.1 Å². The largest absolute Gasteiger partial charge is 0.370 e. The van der Waals surface area contributed by atoms with E-state index in [1.165, 1.54) is 0 Å². The van der Waals surface area contributed by atoms with E-state index in [-0.39, 0.29) is 24.8 Å². The van der Waals surface area contributed by atoms with Gasteiger partial charge in [-0.15, -0.1) is 24.8 Å². The molecule has 2 heterocycles. The molecule has 3 rings (SSSR count). The maximum atomic E-state index is 5.83. The summed E-state index contributed by atoms with van der Waals surface area (Å²) in [5.41, 5.74) is 13.7. The maximum Gasteiger partial charge on any atom is 0.222 e. The van der Waals surface area contributed by atoms with Crippen molar-refractivity contribution in [3.05, 3.63) is 41.9 Å². The molecule has 0 unspecified atom stereocenters. The molecule has 23 heavy (non-hydrogen) atoms. The van der Waals surface area contributed by atoms with Gasteiger partial charge in [0.05, 0.1) is 5.69 Å². The van der Waals surface area contributed by atoms with Crippen molar-refractivity contribution >= 4 is 36.6 Å². The number of nitrogens with zero attached hydrogens (tertiary/aromatic N) is 3. The van der Waals surface area contributed by atoms with Crippen LogP contribution in [0, 0.1) is 0 Å². The Balaban J connectivity index is 0.00000132. The maximum absolute atomic E-state index is 5.83. The molecule has 2 aromatic rings. The van der Waals surface area contributed by atoms with Gasteiger partial charge < -0.3 is 16.8 Å². The van der Waals surface area contributed by atoms with Gasteiger partial charge in [0.25, 0.3) is 0 Å². The number of hydrogen-bond donors (Lipinski definition) is 3. The fraction of sp³-hybridized carbons (Fsp3) is 0.400. The molecule has 0 amide bonds. The van der Waals surface area contributed by atoms with Crippen LogP contribution < -0.4 is 16.8 Å². The van der Waals surface area contributed by atoms with Crippen molar-refractivity contribution in [1.29, 1.82) is 0 Å². The molecule has 2 aromatic heterocycles. The highest BCUT2D eigenvalue weighted by Crippen LogP contribution is 2.35. The first-order valence-corrected chi connectivity index (χ1v) is 7.24. The summed E-state index contributed by atoms with van der Waals surface area (Å²) in [6.07, 6.45) is 4.60. The van der Waals surface area contributed by atoms with Gasteiger partial charge in [0.1, 0.15) is 5.82 Å². The summed E-state index contributed by atoms with van der Waals surface area (Å²) < 4.78 is 0. The van der Waals surface area contributed by atoms with E-state index < -0.39 is 0 Å². The minimum atomic E-state index is 0. The number of aromatic nitrogens is 3. The van der Waals surface area contributed by atoms with Crippen molar-refractivity contribution in [2.45, 2.75) is 31.2 Å². The molecule has 5 N–H and O–H groups in total. The Bertz CT molecular complexity index is 604. The second-order valence-electron chi connectivity index (χ2n) is 5.46. The molecule has 0 aromatic carbocycles. The van der Waals surface area contributed by atoms with Crippen LogP contribution in [0.25, 0.3) is 0 Å². The summed E-state index contributed by atoms with van der Waals surface area (Å²) in [5.74, 6) is 1.50. The standard InChI is InChI=1S/C15H20N6.2ClH/c16-11-7-10(8-11)13-9-14(21-15(17)20-13)19-6-4-12-3-1-2-5-18-12;;/h1-3,5,9-11H,4,6-8,16H2,(H3,17,19,20,21);2*1H. The van der Waals surface area contributed by atoms with Crippen LogP contribution >= 0.6 is 24.8 Å². The molecule has 1 saturated carbocycles. The average Bonchev–Trinajstić information content (AvgIpc) is 2.44. The van der Waals surface area contributed by atoms with Gasteiger partial charge in [-0.2, -0.15) is 4.98 Å². The second-order valence-corrected chi connectivity index (χ2v) is 5.46. The molecule has 1 aliphatic carbocycles. The van der Waals surface area contributed by atoms with E-state index in [0.29, 0.717) is 17.9 Å². The molecule has 8 heteroatoms. The Labute approximate surface area is 148 Å². The molecule has 6 nitrogen and oxygen atoms in total. The number of hydrogen-bond acceptors (Lipinski definition) is 6. The number of halogens is 2. The number of nitrogen functional groups attached to an aromatic ring is 1. The highest BCUT2D eigenvalue weighted by Gasteiger charge is 2.29. The van der Waals surface area contributed by atoms with Gasteiger partial charge in [-0.3, -0.25) is 4.98 Å². The summed E-state index contributed by atoms with van der Waals surface area (Å²) in [6, 6.07) is 8.19. The third-order valence-corrected chi connectivity index (χ3v) is 3.77. The molecule has 0 atom stereocenters. The molecular weight excluding hydrogens is 335 g/mol. The van der Waals surface area contributed by atoms with E-state index in [1.54, 1.807) is 6.20 Å². The van der Waals surface area contributed by atoms with Gasteiger partial charge in [0.2, 0.25) is 5.95 Å². The number of nitrogens with two attached hydrogens (primary N) is 2. The number of anilines is 2. The summed E-state index contributed by atoms with van der Waals surface area (Å²) in [4.78, 5) is 12.8. The third-order valence-electron chi connectivity index (χ3n) is 3.77. The molecular formula is C15H22Cl2N6. The van der Waals surface area contributed by atoms with Crippen molar-refractivity contribution in [1.82, 2.24) is 15.0 Å². The van der Waals surface area contributed by atoms with Crippen LogP contribution in [-0.2, 0) is 6.42 Å². The summed E-state index contributed by atoms with van der Waals surface area (Å²) in [6.45, 7) is 0.761. The van der Waals surface area contributed by atoms with Gasteiger partial charge in [-0.05, 0) is 25.0 Å². The topological polar surface area (TPSA) is 103 Å². The van der Waals surface area contributed by atoms with Crippen LogP contribution in [0.5, 0.6) is 0 Å². The highest BCUT2D eigenvalue weighted by molar-refractivity contribution is 5.85. The van der Waals surface area contributed by atoms with Crippen LogP contribution in [-0.4, -0.2) is 27.5 Å². The Morgan fingerprint density at radius 3 is 2.61 bits per heavy atom. The second kappa shape index (κ2) is 8.86. The van der Waals surface area contributed by atoms with Gasteiger partial charge in [-0.1, -0.05) is 6.07 Å². The zero-order valence-electron chi connectivity index (χ0n) is 12.7. The van der Waals surface area contributed by atoms with Crippen molar-refractivity contribution in [2.75, 3.05) is 17.6 Å². The smallest absolute Gasteiger partial charge is 0.222 e. The van der Waals surface area contributed by atoms with Gasteiger partial charge in [0.15, 0.2) is 0 Å². The minimum Gasteiger partial charge on any atom is -0.370 e. The lowest BCUT2D eigenvalue weighted by Crippen LogP contribution is -2.35. The van der Waals surface area contributed by atoms with Crippen LogP contribution in [0.2, 0.25) is 0 Å². The lowest BCUT2D eigenvalue weighted by Gasteiger charge is -2.32. The fourth-order valence-electron chi connectivity index (χ4n) is 2.55. The molecule has 1 fully saturated rings. The van der Waals surface area contributed by atoms with Crippen molar-refractivity contribution < 1.29 is 0 Å². The first-order valence-electron chi connectivity index (χ1n) is 7.24. The molecule has 0 spiro atoms. The molecule has 0 radical (unpaired) electrons. The first-order chi connectivity index (χ1) is 10.2. The number of rotatable bonds is 5. The van der Waals surface area contributed by atoms with Gasteiger partial charge >= 0.3 is 0 Å². The zero-order valence-corrected chi connectivity index (χ0v) is 14.3. The Morgan fingerprint density at radius 2 is 1.96 bits per heavy atom. The molecule has 0 aliphatic heterocycles. The van der Waals surface area contributed by atoms with Crippen molar-refractivity contribution in [2.24, 2.45) is 5.73 Å². The van der Waals surface area contributed by atoms with E-state index in [0.717, 1.165) is 43.0 Å². The van der Waals surface area contributed by atoms with E-state index in [4.69, 9.17) is 11.5 Å². The van der Waals surface area contributed by atoms with Crippen LogP contribution in [0.15, 0.2) is 30.5 Å². The van der Waals surface area contributed by atoms with E-state index >= 15 is 0 Å². The third kappa shape index (κ3) is 5.20. The summed E-state index contributed by atoms with van der Waals surface area (Å²) in [5, 5.41) is 3.29. The lowest BCUT2D eigenvalue weighted by atomic mass is 9.78. The predicted molar refractivity (Wildman–Crippen MR) is 97.3 cm³/mol. The van der Waals surface area contributed by atoms with Crippen LogP contribution in [0.4, 0.5) is 11.8 Å². The molecule has 126 valence electrons. The lowest BCUT2D eigenvalue weighted by molar-refractivity contribution is 0.345. The van der Waals surface area contributed by atoms with E-state index in [1.807, 2.05) is 24.3 Å². The zero-order chi connectivity index (χ0) is 14.7. The SMILES string of the molecule is Cl.Cl.Nc1nc(NCCc2ccccn2)cc(C2CC(N)C2)n1. The number of nitrogens with one attached hydrogen (secondary N) is 1. The average molecular weight is 357 g/mol. The first kappa shape index (κ1) is 19.4. The summed E-state index contributed by atoms with van der Waals surface area (Å²) >= 11 is 0.